The smallest absolute Gasteiger partial charge is 0.346 e. The molecule has 0 aromatic heterocycles. The van der Waals surface area contributed by atoms with Gasteiger partial charge in [-0.15, -0.1) is 0 Å². The number of nitriles is 1. The van der Waals surface area contributed by atoms with E-state index in [4.69, 9.17) is 0 Å². The van der Waals surface area contributed by atoms with E-state index in [0.717, 1.165) is 78.2 Å². The van der Waals surface area contributed by atoms with Crippen LogP contribution in [0.4, 0.5) is 34.1 Å². The Kier molecular flexibility index (Phi) is 11.6. The summed E-state index contributed by atoms with van der Waals surface area (Å²) in [5.41, 5.74) is 22.3. The van der Waals surface area contributed by atoms with Gasteiger partial charge in [-0.1, -0.05) is 145 Å². The number of rotatable bonds is 14. The maximum atomic E-state index is 12.3. The fourth-order valence-corrected chi connectivity index (χ4v) is 13.7. The Morgan fingerprint density at radius 1 is 0.444 bits per heavy atom. The van der Waals surface area contributed by atoms with Crippen molar-refractivity contribution in [2.24, 2.45) is 0 Å². The molecule has 0 radical (unpaired) electrons. The summed E-state index contributed by atoms with van der Waals surface area (Å²) in [6.07, 6.45) is 6.90. The minimum atomic E-state index is -1.22. The highest BCUT2D eigenvalue weighted by Crippen LogP contribution is 2.71. The number of benzene rings is 8. The summed E-state index contributed by atoms with van der Waals surface area (Å²) in [6.45, 7) is 14.2. The highest BCUT2D eigenvalue weighted by molar-refractivity contribution is 6.07. The van der Waals surface area contributed by atoms with Crippen LogP contribution in [0, 0.1) is 11.3 Å². The van der Waals surface area contributed by atoms with E-state index in [1.54, 1.807) is 6.08 Å². The average molecular weight is 940 g/mol. The summed E-state index contributed by atoms with van der Waals surface area (Å²) in [5.74, 6) is -1.22. The maximum absolute atomic E-state index is 12.3. The second-order valence-corrected chi connectivity index (χ2v) is 19.9. The molecule has 0 bridgehead atoms. The number of carboxylic acid groups (broad SMARTS) is 1. The minimum Gasteiger partial charge on any atom is -0.477 e. The monoisotopic (exact) mass is 939 g/mol. The van der Waals surface area contributed by atoms with Gasteiger partial charge in [0.25, 0.3) is 0 Å². The van der Waals surface area contributed by atoms with Crippen LogP contribution in [0.3, 0.4) is 0 Å². The van der Waals surface area contributed by atoms with Crippen molar-refractivity contribution in [3.8, 4) is 39.4 Å². The van der Waals surface area contributed by atoms with Gasteiger partial charge < -0.3 is 14.9 Å². The third kappa shape index (κ3) is 6.61. The second kappa shape index (κ2) is 18.0. The van der Waals surface area contributed by atoms with Crippen LogP contribution in [0.1, 0.15) is 119 Å². The Morgan fingerprint density at radius 2 is 0.778 bits per heavy atom. The lowest BCUT2D eigenvalue weighted by atomic mass is 9.63. The van der Waals surface area contributed by atoms with E-state index >= 15 is 0 Å². The van der Waals surface area contributed by atoms with Crippen molar-refractivity contribution in [3.63, 3.8) is 0 Å². The first-order chi connectivity index (χ1) is 35.2. The number of anilines is 6. The maximum Gasteiger partial charge on any atom is 0.346 e. The summed E-state index contributed by atoms with van der Waals surface area (Å²) in [4.78, 5) is 17.1. The van der Waals surface area contributed by atoms with Crippen molar-refractivity contribution in [1.82, 2.24) is 0 Å². The molecule has 0 saturated heterocycles. The lowest BCUT2D eigenvalue weighted by molar-refractivity contribution is -0.132. The Morgan fingerprint density at radius 3 is 1.15 bits per heavy atom. The molecule has 3 aliphatic carbocycles. The molecule has 0 saturated carbocycles. The molecule has 0 heterocycles. The Hall–Kier alpha value is -7.94. The molecule has 0 spiro atoms. The normalized spacial score (nSPS) is 14.8. The molecular weight excluding hydrogens is 879 g/mol. The van der Waals surface area contributed by atoms with Crippen molar-refractivity contribution >= 4 is 46.2 Å². The van der Waals surface area contributed by atoms with E-state index in [-0.39, 0.29) is 16.4 Å². The number of nitrogens with zero attached hydrogens (tertiary/aromatic N) is 3. The molecule has 0 aliphatic heterocycles. The van der Waals surface area contributed by atoms with Crippen LogP contribution in [-0.4, -0.2) is 11.1 Å². The molecule has 5 heteroatoms. The predicted molar refractivity (Wildman–Crippen MR) is 297 cm³/mol. The lowest BCUT2D eigenvalue weighted by Gasteiger charge is -2.40. The van der Waals surface area contributed by atoms with Gasteiger partial charge in [0, 0.05) is 50.4 Å². The van der Waals surface area contributed by atoms with Crippen LogP contribution in [0.5, 0.6) is 0 Å². The molecule has 1 N–H and O–H groups in total. The van der Waals surface area contributed by atoms with Crippen LogP contribution in [-0.2, 0) is 21.0 Å². The van der Waals surface area contributed by atoms with Crippen LogP contribution in [0.25, 0.3) is 39.5 Å². The van der Waals surface area contributed by atoms with E-state index < -0.39 is 11.4 Å². The first-order valence-corrected chi connectivity index (χ1v) is 26.0. The lowest BCUT2D eigenvalue weighted by Crippen LogP contribution is -2.32. The van der Waals surface area contributed by atoms with E-state index in [1.165, 1.54) is 66.8 Å². The molecule has 356 valence electrons. The van der Waals surface area contributed by atoms with Gasteiger partial charge in [-0.3, -0.25) is 0 Å². The quantitative estimate of drug-likeness (QED) is 0.0869. The molecule has 0 unspecified atom stereocenters. The standard InChI is InChI=1S/C67H61N3O2/c1-7-65(8-2)56-41-50(69(46-25-17-13-18-26-46)47-27-19-14-20-28-47)34-37-52(56)58-59-53-38-35-51(70(48-29-21-15-22-30-48)49-31-23-16-24-32-49)42-57(53)67(11-5,12-6)62(59)63-60(61(58)65)54-36-33-44(39-45(43-68)64(71)72)40-55(54)66(63,9-3)10-4/h13-42H,7-12H2,1-6H3,(H,71,72)/b45-39+. The van der Waals surface area contributed by atoms with Crippen molar-refractivity contribution in [2.45, 2.75) is 96.3 Å². The van der Waals surface area contributed by atoms with Gasteiger partial charge in [-0.05, 0) is 190 Å². The van der Waals surface area contributed by atoms with Crippen molar-refractivity contribution < 1.29 is 9.90 Å². The zero-order valence-corrected chi connectivity index (χ0v) is 42.3. The first-order valence-electron chi connectivity index (χ1n) is 26.0. The van der Waals surface area contributed by atoms with E-state index in [2.05, 4.69) is 221 Å². The van der Waals surface area contributed by atoms with Crippen LogP contribution in [0.2, 0.25) is 0 Å². The molecule has 0 amide bonds. The SMILES string of the molecule is CCC1(CC)c2cc(N(c3ccccc3)c3ccccc3)ccc2-c2c3c(c4c(c21)-c1ccc(/C=C(\C#N)C(=O)O)cc1C4(CC)CC)C(CC)(CC)c1cc(N(c2ccccc2)c2ccccc2)ccc1-3. The van der Waals surface area contributed by atoms with Crippen LogP contribution < -0.4 is 9.80 Å². The fourth-order valence-electron chi connectivity index (χ4n) is 13.7. The van der Waals surface area contributed by atoms with E-state index in [0.29, 0.717) is 0 Å². The van der Waals surface area contributed by atoms with Gasteiger partial charge in [0.2, 0.25) is 0 Å². The number of aliphatic carboxylic acids is 1. The highest BCUT2D eigenvalue weighted by atomic mass is 16.4. The molecule has 0 atom stereocenters. The third-order valence-electron chi connectivity index (χ3n) is 17.2. The number of para-hydroxylation sites is 4. The molecule has 8 aromatic rings. The van der Waals surface area contributed by atoms with Gasteiger partial charge in [-0.25, -0.2) is 4.79 Å². The Balaban J connectivity index is 1.27. The van der Waals surface area contributed by atoms with Crippen molar-refractivity contribution in [3.05, 3.63) is 220 Å². The molecule has 11 rings (SSSR count). The molecule has 72 heavy (non-hydrogen) atoms. The van der Waals surface area contributed by atoms with Gasteiger partial charge in [0.1, 0.15) is 11.6 Å². The number of fused-ring (bicyclic) bond motifs is 12. The topological polar surface area (TPSA) is 67.6 Å². The van der Waals surface area contributed by atoms with Gasteiger partial charge in [-0.2, -0.15) is 5.26 Å². The van der Waals surface area contributed by atoms with E-state index in [9.17, 15) is 15.2 Å². The molecule has 0 fully saturated rings. The minimum absolute atomic E-state index is 0.268. The number of hydrogen-bond donors (Lipinski definition) is 1. The summed E-state index contributed by atoms with van der Waals surface area (Å²) in [7, 11) is 0. The number of carbonyl (C=O) groups is 1. The predicted octanol–water partition coefficient (Wildman–Crippen LogP) is 17.9. The zero-order chi connectivity index (χ0) is 49.9. The fraction of sp³-hybridized carbons (Fsp3) is 0.224. The molecule has 3 aliphatic rings. The average Bonchev–Trinajstić information content (AvgIpc) is 4.00. The first kappa shape index (κ1) is 46.4. The van der Waals surface area contributed by atoms with Crippen LogP contribution >= 0.6 is 0 Å². The van der Waals surface area contributed by atoms with Gasteiger partial charge in [0.15, 0.2) is 0 Å². The van der Waals surface area contributed by atoms with Gasteiger partial charge >= 0.3 is 5.97 Å². The summed E-state index contributed by atoms with van der Waals surface area (Å²) in [5, 5.41) is 20.0. The zero-order valence-electron chi connectivity index (χ0n) is 42.3. The summed E-state index contributed by atoms with van der Waals surface area (Å²) < 4.78 is 0. The second-order valence-electron chi connectivity index (χ2n) is 19.9. The number of hydrogen-bond acceptors (Lipinski definition) is 4. The third-order valence-corrected chi connectivity index (χ3v) is 17.2. The van der Waals surface area contributed by atoms with E-state index in [1.807, 2.05) is 12.1 Å². The van der Waals surface area contributed by atoms with Gasteiger partial charge in [0.05, 0.1) is 0 Å². The largest absolute Gasteiger partial charge is 0.477 e. The van der Waals surface area contributed by atoms with Crippen molar-refractivity contribution in [1.29, 1.82) is 5.26 Å². The summed E-state index contributed by atoms with van der Waals surface area (Å²) >= 11 is 0. The summed E-state index contributed by atoms with van der Waals surface area (Å²) in [6, 6.07) is 65.9. The Bertz CT molecular complexity index is 3390. The molecule has 5 nitrogen and oxygen atoms in total. The molecular formula is C67H61N3O2. The van der Waals surface area contributed by atoms with Crippen LogP contribution in [0.15, 0.2) is 181 Å². The molecule has 8 aromatic carbocycles. The highest BCUT2D eigenvalue weighted by Gasteiger charge is 2.56. The van der Waals surface area contributed by atoms with Crippen molar-refractivity contribution in [2.75, 3.05) is 9.80 Å². The Labute approximate surface area is 425 Å². The number of carboxylic acids is 1.